The highest BCUT2D eigenvalue weighted by Crippen LogP contribution is 2.37. The normalized spacial score (nSPS) is 14.8. The molecule has 0 bridgehead atoms. The van der Waals surface area contributed by atoms with Crippen LogP contribution in [-0.2, 0) is 17.5 Å². The molecular weight excluding hydrogens is 625 g/mol. The van der Waals surface area contributed by atoms with E-state index in [9.17, 15) is 23.1 Å². The summed E-state index contributed by atoms with van der Waals surface area (Å²) in [5, 5.41) is 13.1. The Morgan fingerprint density at radius 1 is 0.894 bits per heavy atom. The van der Waals surface area contributed by atoms with E-state index < -0.39 is 23.6 Å². The van der Waals surface area contributed by atoms with E-state index in [0.29, 0.717) is 37.4 Å². The van der Waals surface area contributed by atoms with E-state index in [-0.39, 0.29) is 23.4 Å². The zero-order chi connectivity index (χ0) is 33.2. The summed E-state index contributed by atoms with van der Waals surface area (Å²) >= 11 is 6.35. The van der Waals surface area contributed by atoms with Crippen LogP contribution in [0.15, 0.2) is 103 Å². The molecule has 1 unspecified atom stereocenters. The molecule has 0 amide bonds. The Bertz CT molecular complexity index is 1540. The van der Waals surface area contributed by atoms with Crippen molar-refractivity contribution in [3.63, 3.8) is 0 Å². The van der Waals surface area contributed by atoms with Gasteiger partial charge in [0, 0.05) is 25.6 Å². The highest BCUT2D eigenvalue weighted by atomic mass is 35.5. The van der Waals surface area contributed by atoms with Crippen LogP contribution in [0.1, 0.15) is 58.9 Å². The first-order valence-electron chi connectivity index (χ1n) is 16.0. The summed E-state index contributed by atoms with van der Waals surface area (Å²) in [4.78, 5) is 14.4. The molecule has 9 heteroatoms. The standard InChI is InChI=1S/C38H40ClF3N2O3/c39-36-31(15-8-17-34(36)38(40,41)42)25-44(26-33(27-10-3-1-4-11-27)28-12-5-2-6-13-28)22-9-23-47-32-16-7-14-30(24-32)35(37(45)46)29-18-20-43-21-19-29/h1-8,10-17,24,29,33,35,43H,9,18-23,25-26H2,(H,45,46). The van der Waals surface area contributed by atoms with Gasteiger partial charge in [0.05, 0.1) is 23.1 Å². The minimum atomic E-state index is -4.55. The number of hydrogen-bond donors (Lipinski definition) is 2. The number of halogens is 4. The van der Waals surface area contributed by atoms with Crippen molar-refractivity contribution in [2.75, 3.05) is 32.8 Å². The third-order valence-corrected chi connectivity index (χ3v) is 9.29. The molecule has 0 saturated carbocycles. The van der Waals surface area contributed by atoms with Crippen molar-refractivity contribution < 1.29 is 27.8 Å². The number of benzene rings is 4. The van der Waals surface area contributed by atoms with Crippen molar-refractivity contribution in [3.05, 3.63) is 136 Å². The van der Waals surface area contributed by atoms with Gasteiger partial charge in [-0.2, -0.15) is 13.2 Å². The fraction of sp³-hybridized carbons (Fsp3) is 0.342. The average molecular weight is 665 g/mol. The van der Waals surface area contributed by atoms with Crippen molar-refractivity contribution in [3.8, 4) is 5.75 Å². The number of piperidine rings is 1. The minimum Gasteiger partial charge on any atom is -0.494 e. The maximum atomic E-state index is 13.7. The van der Waals surface area contributed by atoms with Gasteiger partial charge in [-0.3, -0.25) is 9.69 Å². The largest absolute Gasteiger partial charge is 0.494 e. The van der Waals surface area contributed by atoms with E-state index in [1.807, 2.05) is 60.7 Å². The predicted octanol–water partition coefficient (Wildman–Crippen LogP) is 8.63. The summed E-state index contributed by atoms with van der Waals surface area (Å²) in [5.74, 6) is -0.794. The van der Waals surface area contributed by atoms with Crippen LogP contribution in [0.4, 0.5) is 13.2 Å². The van der Waals surface area contributed by atoms with Gasteiger partial charge in [0.15, 0.2) is 0 Å². The highest BCUT2D eigenvalue weighted by Gasteiger charge is 2.34. The number of carboxylic acids is 1. The van der Waals surface area contributed by atoms with Crippen LogP contribution in [0.25, 0.3) is 0 Å². The highest BCUT2D eigenvalue weighted by molar-refractivity contribution is 6.32. The lowest BCUT2D eigenvalue weighted by atomic mass is 9.80. The summed E-state index contributed by atoms with van der Waals surface area (Å²) in [5.41, 5.74) is 2.51. The third kappa shape index (κ3) is 9.37. The molecule has 5 nitrogen and oxygen atoms in total. The van der Waals surface area contributed by atoms with E-state index >= 15 is 0 Å². The van der Waals surface area contributed by atoms with Gasteiger partial charge >= 0.3 is 12.1 Å². The molecule has 1 fully saturated rings. The molecule has 1 saturated heterocycles. The van der Waals surface area contributed by atoms with Gasteiger partial charge in [0.2, 0.25) is 0 Å². The van der Waals surface area contributed by atoms with E-state index in [4.69, 9.17) is 16.3 Å². The van der Waals surface area contributed by atoms with Crippen LogP contribution in [0.3, 0.4) is 0 Å². The Balaban J connectivity index is 1.33. The van der Waals surface area contributed by atoms with Crippen molar-refractivity contribution in [1.82, 2.24) is 10.2 Å². The number of nitrogens with zero attached hydrogens (tertiary/aromatic N) is 1. The van der Waals surface area contributed by atoms with E-state index in [2.05, 4.69) is 34.5 Å². The van der Waals surface area contributed by atoms with Gasteiger partial charge in [-0.1, -0.05) is 96.5 Å². The van der Waals surface area contributed by atoms with E-state index in [1.54, 1.807) is 6.07 Å². The van der Waals surface area contributed by atoms with Crippen LogP contribution < -0.4 is 10.1 Å². The molecular formula is C38H40ClF3N2O3. The maximum absolute atomic E-state index is 13.7. The molecule has 5 rings (SSSR count). The third-order valence-electron chi connectivity index (χ3n) is 8.85. The lowest BCUT2D eigenvalue weighted by Gasteiger charge is -2.29. The molecule has 0 spiro atoms. The van der Waals surface area contributed by atoms with Crippen molar-refractivity contribution >= 4 is 17.6 Å². The quantitative estimate of drug-likeness (QED) is 0.132. The molecule has 1 heterocycles. The molecule has 4 aromatic carbocycles. The van der Waals surface area contributed by atoms with Crippen molar-refractivity contribution in [2.24, 2.45) is 5.92 Å². The first-order valence-corrected chi connectivity index (χ1v) is 16.4. The lowest BCUT2D eigenvalue weighted by Crippen LogP contribution is -2.33. The topological polar surface area (TPSA) is 61.8 Å². The fourth-order valence-corrected chi connectivity index (χ4v) is 6.79. The number of carboxylic acid groups (broad SMARTS) is 1. The van der Waals surface area contributed by atoms with Crippen LogP contribution in [0.2, 0.25) is 5.02 Å². The Morgan fingerprint density at radius 3 is 2.13 bits per heavy atom. The smallest absolute Gasteiger partial charge is 0.417 e. The van der Waals surface area contributed by atoms with E-state index in [0.717, 1.165) is 48.7 Å². The lowest BCUT2D eigenvalue weighted by molar-refractivity contribution is -0.140. The monoisotopic (exact) mass is 664 g/mol. The Labute approximate surface area is 279 Å². The number of hydrogen-bond acceptors (Lipinski definition) is 4. The summed E-state index contributed by atoms with van der Waals surface area (Å²) in [6, 6.07) is 31.5. The molecule has 0 aliphatic carbocycles. The molecule has 248 valence electrons. The Kier molecular flexibility index (Phi) is 12.0. The Morgan fingerprint density at radius 2 is 1.51 bits per heavy atom. The van der Waals surface area contributed by atoms with Crippen molar-refractivity contribution in [1.29, 1.82) is 0 Å². The van der Waals surface area contributed by atoms with Gasteiger partial charge in [-0.25, -0.2) is 0 Å². The first-order chi connectivity index (χ1) is 22.7. The second-order valence-electron chi connectivity index (χ2n) is 12.1. The SMILES string of the molecule is O=C(O)C(c1cccc(OCCCN(Cc2cccc(C(F)(F)F)c2Cl)CC(c2ccccc2)c2ccccc2)c1)C1CCNCC1. The van der Waals surface area contributed by atoms with Crippen molar-refractivity contribution in [2.45, 2.75) is 43.8 Å². The Hall–Kier alpha value is -3.85. The predicted molar refractivity (Wildman–Crippen MR) is 179 cm³/mol. The van der Waals surface area contributed by atoms with Gasteiger partial charge in [-0.05, 0) is 78.7 Å². The summed E-state index contributed by atoms with van der Waals surface area (Å²) < 4.78 is 47.2. The number of aliphatic carboxylic acids is 1. The zero-order valence-electron chi connectivity index (χ0n) is 26.1. The van der Waals surface area contributed by atoms with Gasteiger partial charge in [-0.15, -0.1) is 0 Å². The van der Waals surface area contributed by atoms with Gasteiger partial charge < -0.3 is 15.2 Å². The number of alkyl halides is 3. The number of ether oxygens (including phenoxy) is 1. The minimum absolute atomic E-state index is 0.0255. The molecule has 1 aliphatic rings. The number of rotatable bonds is 14. The molecule has 1 aliphatic heterocycles. The van der Waals surface area contributed by atoms with Crippen LogP contribution in [0.5, 0.6) is 5.75 Å². The second kappa shape index (κ2) is 16.3. The summed E-state index contributed by atoms with van der Waals surface area (Å²) in [7, 11) is 0. The van der Waals surface area contributed by atoms with Crippen LogP contribution >= 0.6 is 11.6 Å². The van der Waals surface area contributed by atoms with Crippen LogP contribution in [0, 0.1) is 5.92 Å². The maximum Gasteiger partial charge on any atom is 0.417 e. The van der Waals surface area contributed by atoms with Crippen LogP contribution in [-0.4, -0.2) is 48.8 Å². The zero-order valence-corrected chi connectivity index (χ0v) is 26.9. The van der Waals surface area contributed by atoms with E-state index in [1.165, 1.54) is 6.07 Å². The molecule has 2 N–H and O–H groups in total. The summed E-state index contributed by atoms with van der Waals surface area (Å²) in [6.07, 6.45) is -2.35. The number of carbonyl (C=O) groups is 1. The molecule has 47 heavy (non-hydrogen) atoms. The molecule has 4 aromatic rings. The van der Waals surface area contributed by atoms with Gasteiger partial charge in [0.25, 0.3) is 0 Å². The molecule has 0 aromatic heterocycles. The van der Waals surface area contributed by atoms with Gasteiger partial charge in [0.1, 0.15) is 5.75 Å². The molecule has 0 radical (unpaired) electrons. The fourth-order valence-electron chi connectivity index (χ4n) is 6.50. The second-order valence-corrected chi connectivity index (χ2v) is 12.4. The number of nitrogens with one attached hydrogen (secondary N) is 1. The average Bonchev–Trinajstić information content (AvgIpc) is 3.07. The molecule has 1 atom stereocenters. The summed E-state index contributed by atoms with van der Waals surface area (Å²) in [6.45, 7) is 3.28. The first kappa shape index (κ1) is 34.5.